The number of nitrogens with zero attached hydrogens (tertiary/aromatic N) is 1. The number of anilines is 3. The zero-order chi connectivity index (χ0) is 34.4. The summed E-state index contributed by atoms with van der Waals surface area (Å²) in [7, 11) is 0. The lowest BCUT2D eigenvalue weighted by Gasteiger charge is -2.27. The Morgan fingerprint density at radius 1 is 0.346 bits per heavy atom. The molecule has 244 valence electrons. The lowest BCUT2D eigenvalue weighted by Crippen LogP contribution is -2.10. The number of hydrogen-bond acceptors (Lipinski definition) is 2. The smallest absolute Gasteiger partial charge is 0.145 e. The maximum atomic E-state index is 6.71. The molecule has 0 aliphatic rings. The molecule has 0 unspecified atom stereocenters. The lowest BCUT2D eigenvalue weighted by molar-refractivity contribution is 0.670. The third kappa shape index (κ3) is 5.12. The van der Waals surface area contributed by atoms with Crippen LogP contribution in [0.25, 0.3) is 76.9 Å². The summed E-state index contributed by atoms with van der Waals surface area (Å²) in [4.78, 5) is 2.38. The van der Waals surface area contributed by atoms with Crippen molar-refractivity contribution in [2.45, 2.75) is 0 Å². The number of hydrogen-bond donors (Lipinski definition) is 0. The predicted molar refractivity (Wildman–Crippen MR) is 220 cm³/mol. The van der Waals surface area contributed by atoms with Crippen LogP contribution in [0.4, 0.5) is 17.1 Å². The van der Waals surface area contributed by atoms with Gasteiger partial charge in [-0.2, -0.15) is 0 Å². The van der Waals surface area contributed by atoms with Crippen molar-refractivity contribution >= 4 is 60.5 Å². The van der Waals surface area contributed by atoms with Crippen LogP contribution >= 0.6 is 0 Å². The second-order valence-corrected chi connectivity index (χ2v) is 13.3. The summed E-state index contributed by atoms with van der Waals surface area (Å²) in [5.41, 5.74) is 11.9. The van der Waals surface area contributed by atoms with Gasteiger partial charge in [0, 0.05) is 22.3 Å². The molecule has 2 heteroatoms. The van der Waals surface area contributed by atoms with Gasteiger partial charge >= 0.3 is 0 Å². The minimum Gasteiger partial charge on any atom is -0.455 e. The molecule has 1 aromatic heterocycles. The quantitative estimate of drug-likeness (QED) is 0.165. The van der Waals surface area contributed by atoms with Gasteiger partial charge in [-0.3, -0.25) is 0 Å². The van der Waals surface area contributed by atoms with E-state index in [0.717, 1.165) is 55.7 Å². The first-order chi connectivity index (χ1) is 25.8. The molecule has 0 atom stereocenters. The molecule has 10 rings (SSSR count). The van der Waals surface area contributed by atoms with E-state index in [0.29, 0.717) is 0 Å². The molecule has 0 bridgehead atoms. The maximum absolute atomic E-state index is 6.71. The topological polar surface area (TPSA) is 16.4 Å². The van der Waals surface area contributed by atoms with Gasteiger partial charge in [0.25, 0.3) is 0 Å². The number of furan rings is 1. The number of rotatable bonds is 6. The fourth-order valence-corrected chi connectivity index (χ4v) is 7.72. The van der Waals surface area contributed by atoms with Crippen molar-refractivity contribution in [1.82, 2.24) is 0 Å². The summed E-state index contributed by atoms with van der Waals surface area (Å²) in [5.74, 6) is 0. The molecular formula is C50H33NO. The Morgan fingerprint density at radius 3 is 1.79 bits per heavy atom. The fraction of sp³-hybridized carbons (Fsp3) is 0. The first-order valence-electron chi connectivity index (χ1n) is 17.8. The van der Waals surface area contributed by atoms with Crippen molar-refractivity contribution in [3.8, 4) is 33.4 Å². The molecule has 10 aromatic rings. The van der Waals surface area contributed by atoms with E-state index < -0.39 is 0 Å². The van der Waals surface area contributed by atoms with Gasteiger partial charge in [0.05, 0.1) is 11.1 Å². The summed E-state index contributed by atoms with van der Waals surface area (Å²) in [6.07, 6.45) is 0. The van der Waals surface area contributed by atoms with Crippen molar-refractivity contribution in [3.05, 3.63) is 200 Å². The largest absolute Gasteiger partial charge is 0.455 e. The average molecular weight is 664 g/mol. The Morgan fingerprint density at radius 2 is 0.962 bits per heavy atom. The van der Waals surface area contributed by atoms with E-state index in [1.807, 2.05) is 6.07 Å². The molecule has 0 spiro atoms. The first-order valence-corrected chi connectivity index (χ1v) is 17.8. The van der Waals surface area contributed by atoms with Gasteiger partial charge in [-0.1, -0.05) is 152 Å². The summed E-state index contributed by atoms with van der Waals surface area (Å²) in [6.45, 7) is 0. The van der Waals surface area contributed by atoms with Crippen molar-refractivity contribution < 1.29 is 4.42 Å². The van der Waals surface area contributed by atoms with E-state index >= 15 is 0 Å². The highest BCUT2D eigenvalue weighted by atomic mass is 16.3. The molecule has 0 amide bonds. The monoisotopic (exact) mass is 663 g/mol. The van der Waals surface area contributed by atoms with Crippen molar-refractivity contribution in [2.24, 2.45) is 0 Å². The Hall–Kier alpha value is -6.90. The summed E-state index contributed by atoms with van der Waals surface area (Å²) >= 11 is 0. The predicted octanol–water partition coefficient (Wildman–Crippen LogP) is 14.4. The number of para-hydroxylation sites is 1. The second-order valence-electron chi connectivity index (χ2n) is 13.3. The molecule has 9 aromatic carbocycles. The second kappa shape index (κ2) is 12.5. The van der Waals surface area contributed by atoms with Crippen molar-refractivity contribution in [2.75, 3.05) is 4.90 Å². The maximum Gasteiger partial charge on any atom is 0.145 e. The summed E-state index contributed by atoms with van der Waals surface area (Å²) in [5, 5.41) is 7.25. The zero-order valence-corrected chi connectivity index (χ0v) is 28.4. The van der Waals surface area contributed by atoms with Crippen molar-refractivity contribution in [3.63, 3.8) is 0 Å². The van der Waals surface area contributed by atoms with Gasteiger partial charge in [0.2, 0.25) is 0 Å². The Balaban J connectivity index is 1.15. The molecule has 0 saturated carbocycles. The van der Waals surface area contributed by atoms with Gasteiger partial charge in [0.1, 0.15) is 11.2 Å². The lowest BCUT2D eigenvalue weighted by atomic mass is 9.97. The Labute approximate surface area is 302 Å². The van der Waals surface area contributed by atoms with Crippen LogP contribution in [-0.4, -0.2) is 0 Å². The molecule has 52 heavy (non-hydrogen) atoms. The molecule has 1 heterocycles. The van der Waals surface area contributed by atoms with Crippen LogP contribution in [0, 0.1) is 0 Å². The van der Waals surface area contributed by atoms with E-state index in [4.69, 9.17) is 4.42 Å². The first kappa shape index (κ1) is 30.0. The van der Waals surface area contributed by atoms with E-state index in [1.165, 1.54) is 38.2 Å². The highest BCUT2D eigenvalue weighted by Crippen LogP contribution is 2.46. The van der Waals surface area contributed by atoms with Gasteiger partial charge in [-0.05, 0) is 97.9 Å². The van der Waals surface area contributed by atoms with Crippen molar-refractivity contribution in [1.29, 1.82) is 0 Å². The Bertz CT molecular complexity index is 2890. The molecule has 0 radical (unpaired) electrons. The van der Waals surface area contributed by atoms with Gasteiger partial charge in [0.15, 0.2) is 0 Å². The molecule has 0 aliphatic carbocycles. The van der Waals surface area contributed by atoms with Crippen LogP contribution in [0.1, 0.15) is 0 Å². The van der Waals surface area contributed by atoms with Gasteiger partial charge in [-0.15, -0.1) is 0 Å². The highest BCUT2D eigenvalue weighted by Gasteiger charge is 2.22. The van der Waals surface area contributed by atoms with E-state index in [9.17, 15) is 0 Å². The SMILES string of the molecule is c1ccc(-c2cccc(N(c3ccc(-c4ccc5c(ccc6ccccc65)c4)cc3)c3ccc(-c4ccccc4)c4oc5ccccc5c34)c2)cc1. The number of fused-ring (bicyclic) bond motifs is 6. The summed E-state index contributed by atoms with van der Waals surface area (Å²) in [6, 6.07) is 71.6. The molecule has 2 nitrogen and oxygen atoms in total. The van der Waals surface area contributed by atoms with E-state index in [1.54, 1.807) is 0 Å². The Kier molecular flexibility index (Phi) is 7.18. The minimum absolute atomic E-state index is 0.875. The van der Waals surface area contributed by atoms with Gasteiger partial charge < -0.3 is 9.32 Å². The summed E-state index contributed by atoms with van der Waals surface area (Å²) < 4.78 is 6.71. The zero-order valence-electron chi connectivity index (χ0n) is 28.4. The molecular weight excluding hydrogens is 631 g/mol. The molecule has 0 saturated heterocycles. The van der Waals surface area contributed by atoms with E-state index in [-0.39, 0.29) is 0 Å². The van der Waals surface area contributed by atoms with Crippen LogP contribution in [0.2, 0.25) is 0 Å². The van der Waals surface area contributed by atoms with Crippen LogP contribution in [0.5, 0.6) is 0 Å². The standard InChI is InChI=1S/C50H33NO/c1-3-12-34(13-4-1)38-17-11-18-42(33-38)51(47-31-30-45(36-14-5-2-6-15-36)50-49(47)46-20-9-10-21-48(46)52-50)41-27-24-35(25-28-41)39-26-29-44-40(32-39)23-22-37-16-7-8-19-43(37)44/h1-33H. The number of benzene rings is 9. The minimum atomic E-state index is 0.875. The molecule has 0 N–H and O–H groups in total. The fourth-order valence-electron chi connectivity index (χ4n) is 7.72. The third-order valence-electron chi connectivity index (χ3n) is 10.2. The normalized spacial score (nSPS) is 11.5. The van der Waals surface area contributed by atoms with Crippen LogP contribution < -0.4 is 4.90 Å². The van der Waals surface area contributed by atoms with Crippen LogP contribution in [0.3, 0.4) is 0 Å². The average Bonchev–Trinajstić information content (AvgIpc) is 3.62. The highest BCUT2D eigenvalue weighted by molar-refractivity contribution is 6.17. The van der Waals surface area contributed by atoms with Crippen LogP contribution in [0.15, 0.2) is 205 Å². The van der Waals surface area contributed by atoms with E-state index in [2.05, 4.69) is 199 Å². The third-order valence-corrected chi connectivity index (χ3v) is 10.2. The van der Waals surface area contributed by atoms with Gasteiger partial charge in [-0.25, -0.2) is 0 Å². The molecule has 0 aliphatic heterocycles. The van der Waals surface area contributed by atoms with Crippen LogP contribution in [-0.2, 0) is 0 Å². The molecule has 0 fully saturated rings.